The predicted molar refractivity (Wildman–Crippen MR) is 84.7 cm³/mol. The standard InChI is InChI=1S/C18H21NO4/c1-12(23-15-4-5-16-17(10-15)22-11-21-16)18(20)19-8-6-14(7-9-19)13-2-3-13/h4-5,10,12H,2-3,6-9,11H2,1H3/t12-/m0/s1. The molecule has 1 atom stereocenters. The van der Waals surface area contributed by atoms with E-state index in [9.17, 15) is 4.79 Å². The van der Waals surface area contributed by atoms with Crippen molar-refractivity contribution in [3.05, 3.63) is 29.3 Å². The zero-order valence-electron chi connectivity index (χ0n) is 13.3. The highest BCUT2D eigenvalue weighted by atomic mass is 16.7. The first-order valence-electron chi connectivity index (χ1n) is 8.25. The minimum atomic E-state index is -0.495. The number of piperidine rings is 1. The average Bonchev–Trinajstić information content (AvgIpc) is 3.32. The van der Waals surface area contributed by atoms with Crippen LogP contribution in [0.25, 0.3) is 0 Å². The van der Waals surface area contributed by atoms with Gasteiger partial charge in [0.2, 0.25) is 6.79 Å². The number of rotatable bonds is 3. The second-order valence-electron chi connectivity index (χ2n) is 6.31. The van der Waals surface area contributed by atoms with Crippen molar-refractivity contribution in [3.63, 3.8) is 0 Å². The molecule has 4 rings (SSSR count). The van der Waals surface area contributed by atoms with Gasteiger partial charge in [-0.3, -0.25) is 4.79 Å². The van der Waals surface area contributed by atoms with Crippen molar-refractivity contribution >= 4 is 5.91 Å². The molecule has 1 aliphatic carbocycles. The zero-order valence-corrected chi connectivity index (χ0v) is 13.3. The summed E-state index contributed by atoms with van der Waals surface area (Å²) in [5.74, 6) is 2.07. The molecule has 1 aromatic rings. The molecule has 1 aromatic carbocycles. The lowest BCUT2D eigenvalue weighted by Gasteiger charge is -2.30. The molecule has 0 radical (unpaired) electrons. The van der Waals surface area contributed by atoms with Gasteiger partial charge in [0.1, 0.15) is 5.75 Å². The van der Waals surface area contributed by atoms with E-state index in [0.717, 1.165) is 25.9 Å². The van der Waals surface area contributed by atoms with Crippen molar-refractivity contribution in [2.24, 2.45) is 0 Å². The Morgan fingerprint density at radius 3 is 2.52 bits per heavy atom. The van der Waals surface area contributed by atoms with Gasteiger partial charge >= 0.3 is 0 Å². The Hall–Kier alpha value is -2.17. The second-order valence-corrected chi connectivity index (χ2v) is 6.31. The maximum Gasteiger partial charge on any atom is 0.263 e. The first-order chi connectivity index (χ1) is 11.2. The van der Waals surface area contributed by atoms with Crippen LogP contribution in [-0.4, -0.2) is 36.8 Å². The smallest absolute Gasteiger partial charge is 0.263 e. The lowest BCUT2D eigenvalue weighted by Crippen LogP contribution is -2.43. The van der Waals surface area contributed by atoms with E-state index in [1.165, 1.54) is 12.8 Å². The molecule has 0 N–H and O–H groups in total. The Bertz CT molecular complexity index is 651. The van der Waals surface area contributed by atoms with Crippen LogP contribution < -0.4 is 14.2 Å². The molecule has 1 saturated heterocycles. The quantitative estimate of drug-likeness (QED) is 0.805. The normalized spacial score (nSPS) is 20.5. The number of allylic oxidation sites excluding steroid dienone is 1. The Labute approximate surface area is 135 Å². The van der Waals surface area contributed by atoms with Crippen LogP contribution in [0.15, 0.2) is 29.3 Å². The SMILES string of the molecule is C[C@H](Oc1ccc2c(c1)OCO2)C(=O)N1CCC(=C2CC2)CC1. The van der Waals surface area contributed by atoms with Crippen LogP contribution in [0.3, 0.4) is 0 Å². The monoisotopic (exact) mass is 315 g/mol. The van der Waals surface area contributed by atoms with Crippen LogP contribution >= 0.6 is 0 Å². The van der Waals surface area contributed by atoms with Crippen molar-refractivity contribution < 1.29 is 19.0 Å². The maximum atomic E-state index is 12.6. The molecule has 1 amide bonds. The summed E-state index contributed by atoms with van der Waals surface area (Å²) in [7, 11) is 0. The van der Waals surface area contributed by atoms with Crippen LogP contribution in [0.4, 0.5) is 0 Å². The summed E-state index contributed by atoms with van der Waals surface area (Å²) in [6, 6.07) is 5.39. The fraction of sp³-hybridized carbons (Fsp3) is 0.500. The van der Waals surface area contributed by atoms with Gasteiger partial charge in [-0.05, 0) is 44.7 Å². The van der Waals surface area contributed by atoms with Gasteiger partial charge < -0.3 is 19.1 Å². The molecule has 0 unspecified atom stereocenters. The maximum absolute atomic E-state index is 12.6. The molecular formula is C18H21NO4. The molecule has 122 valence electrons. The first kappa shape index (κ1) is 14.4. The van der Waals surface area contributed by atoms with Crippen molar-refractivity contribution in [3.8, 4) is 17.2 Å². The minimum Gasteiger partial charge on any atom is -0.481 e. The molecule has 0 bridgehead atoms. The van der Waals surface area contributed by atoms with Gasteiger partial charge in [0.25, 0.3) is 5.91 Å². The third kappa shape index (κ3) is 3.00. The topological polar surface area (TPSA) is 48.0 Å². The summed E-state index contributed by atoms with van der Waals surface area (Å²) in [4.78, 5) is 14.5. The molecular weight excluding hydrogens is 294 g/mol. The van der Waals surface area contributed by atoms with Crippen molar-refractivity contribution in [1.82, 2.24) is 4.90 Å². The average molecular weight is 315 g/mol. The number of benzene rings is 1. The number of ether oxygens (including phenoxy) is 3. The van der Waals surface area contributed by atoms with Crippen molar-refractivity contribution in [2.75, 3.05) is 19.9 Å². The largest absolute Gasteiger partial charge is 0.481 e. The van der Waals surface area contributed by atoms with E-state index in [1.54, 1.807) is 17.2 Å². The summed E-state index contributed by atoms with van der Waals surface area (Å²) in [6.07, 6.45) is 4.10. The zero-order chi connectivity index (χ0) is 15.8. The van der Waals surface area contributed by atoms with E-state index in [2.05, 4.69) is 0 Å². The van der Waals surface area contributed by atoms with E-state index >= 15 is 0 Å². The summed E-state index contributed by atoms with van der Waals surface area (Å²) in [6.45, 7) is 3.67. The van der Waals surface area contributed by atoms with Crippen molar-refractivity contribution in [1.29, 1.82) is 0 Å². The van der Waals surface area contributed by atoms with Crippen LogP contribution in [0.5, 0.6) is 17.2 Å². The molecule has 1 saturated carbocycles. The highest BCUT2D eigenvalue weighted by Crippen LogP contribution is 2.37. The number of fused-ring (bicyclic) bond motifs is 1. The third-order valence-corrected chi connectivity index (χ3v) is 4.68. The molecule has 23 heavy (non-hydrogen) atoms. The molecule has 5 nitrogen and oxygen atoms in total. The fourth-order valence-corrected chi connectivity index (χ4v) is 3.23. The Morgan fingerprint density at radius 2 is 1.78 bits per heavy atom. The highest BCUT2D eigenvalue weighted by molar-refractivity contribution is 5.81. The van der Waals surface area contributed by atoms with Gasteiger partial charge in [-0.2, -0.15) is 0 Å². The van der Waals surface area contributed by atoms with Gasteiger partial charge in [-0.15, -0.1) is 0 Å². The van der Waals surface area contributed by atoms with Gasteiger partial charge in [0, 0.05) is 19.2 Å². The van der Waals surface area contributed by atoms with E-state index < -0.39 is 6.10 Å². The van der Waals surface area contributed by atoms with Crippen LogP contribution in [0, 0.1) is 0 Å². The van der Waals surface area contributed by atoms with E-state index in [0.29, 0.717) is 17.2 Å². The molecule has 2 aliphatic heterocycles. The summed E-state index contributed by atoms with van der Waals surface area (Å²) >= 11 is 0. The van der Waals surface area contributed by atoms with Crippen LogP contribution in [0.1, 0.15) is 32.6 Å². The molecule has 0 aromatic heterocycles. The molecule has 2 fully saturated rings. The van der Waals surface area contributed by atoms with Gasteiger partial charge in [-0.1, -0.05) is 11.1 Å². The van der Waals surface area contributed by atoms with E-state index in [4.69, 9.17) is 14.2 Å². The Kier molecular flexibility index (Phi) is 3.63. The molecule has 0 spiro atoms. The van der Waals surface area contributed by atoms with Crippen LogP contribution in [0.2, 0.25) is 0 Å². The first-order valence-corrected chi connectivity index (χ1v) is 8.25. The van der Waals surface area contributed by atoms with Gasteiger partial charge in [0.15, 0.2) is 17.6 Å². The Morgan fingerprint density at radius 1 is 1.09 bits per heavy atom. The molecule has 2 heterocycles. The van der Waals surface area contributed by atoms with Crippen molar-refractivity contribution in [2.45, 2.75) is 38.7 Å². The summed E-state index contributed by atoms with van der Waals surface area (Å²) < 4.78 is 16.4. The number of carbonyl (C=O) groups excluding carboxylic acids is 1. The number of likely N-dealkylation sites (tertiary alicyclic amines) is 1. The number of hydrogen-bond donors (Lipinski definition) is 0. The highest BCUT2D eigenvalue weighted by Gasteiger charge is 2.28. The molecule has 5 heteroatoms. The minimum absolute atomic E-state index is 0.0579. The van der Waals surface area contributed by atoms with E-state index in [-0.39, 0.29) is 12.7 Å². The van der Waals surface area contributed by atoms with Gasteiger partial charge in [0.05, 0.1) is 0 Å². The third-order valence-electron chi connectivity index (χ3n) is 4.68. The number of amides is 1. The number of hydrogen-bond acceptors (Lipinski definition) is 4. The lowest BCUT2D eigenvalue weighted by atomic mass is 10.0. The lowest BCUT2D eigenvalue weighted by molar-refractivity contribution is -0.138. The number of carbonyl (C=O) groups is 1. The van der Waals surface area contributed by atoms with Crippen LogP contribution in [-0.2, 0) is 4.79 Å². The van der Waals surface area contributed by atoms with Gasteiger partial charge in [-0.25, -0.2) is 0 Å². The molecule has 3 aliphatic rings. The van der Waals surface area contributed by atoms with E-state index in [1.807, 2.05) is 24.0 Å². The Balaban J connectivity index is 1.36. The summed E-state index contributed by atoms with van der Waals surface area (Å²) in [5.41, 5.74) is 3.21. The second kappa shape index (κ2) is 5.80. The number of nitrogens with zero attached hydrogens (tertiary/aromatic N) is 1. The summed E-state index contributed by atoms with van der Waals surface area (Å²) in [5, 5.41) is 0. The fourth-order valence-electron chi connectivity index (χ4n) is 3.23. The predicted octanol–water partition coefficient (Wildman–Crippen LogP) is 2.90.